The predicted octanol–water partition coefficient (Wildman–Crippen LogP) is 2.34. The molecule has 0 bridgehead atoms. The van der Waals surface area contributed by atoms with Gasteiger partial charge in [0.15, 0.2) is 0 Å². The Kier molecular flexibility index (Phi) is 1.99. The van der Waals surface area contributed by atoms with Gasteiger partial charge in [0.25, 0.3) is 0 Å². The summed E-state index contributed by atoms with van der Waals surface area (Å²) in [6, 6.07) is 0. The normalized spacial score (nSPS) is 33.8. The average molecular weight is 165 g/mol. The van der Waals surface area contributed by atoms with Gasteiger partial charge >= 0.3 is 0 Å². The van der Waals surface area contributed by atoms with Crippen LogP contribution in [0.15, 0.2) is 11.6 Å². The van der Waals surface area contributed by atoms with E-state index < -0.39 is 0 Å². The highest BCUT2D eigenvalue weighted by atomic mass is 14.9. The molecule has 0 amide bonds. The van der Waals surface area contributed by atoms with E-state index in [0.717, 1.165) is 12.5 Å². The van der Waals surface area contributed by atoms with Crippen LogP contribution in [0.1, 0.15) is 33.1 Å². The van der Waals surface area contributed by atoms with E-state index >= 15 is 0 Å². The molecule has 1 heteroatoms. The van der Waals surface area contributed by atoms with Crippen molar-refractivity contribution in [3.8, 4) is 0 Å². The molecule has 2 rings (SSSR count). The lowest BCUT2D eigenvalue weighted by Gasteiger charge is -2.42. The molecule has 0 spiro atoms. The SMILES string of the molecule is CC1(C)CCC=C2CNCC[C@@H]21. The first kappa shape index (κ1) is 8.31. The van der Waals surface area contributed by atoms with Gasteiger partial charge in [0, 0.05) is 6.54 Å². The van der Waals surface area contributed by atoms with Crippen LogP contribution in [-0.4, -0.2) is 13.1 Å². The number of fused-ring (bicyclic) bond motifs is 1. The van der Waals surface area contributed by atoms with Crippen LogP contribution in [0.4, 0.5) is 0 Å². The van der Waals surface area contributed by atoms with Crippen molar-refractivity contribution in [3.05, 3.63) is 11.6 Å². The van der Waals surface area contributed by atoms with Gasteiger partial charge in [0.05, 0.1) is 0 Å². The van der Waals surface area contributed by atoms with Crippen LogP contribution in [0.25, 0.3) is 0 Å². The van der Waals surface area contributed by atoms with Gasteiger partial charge in [-0.15, -0.1) is 0 Å². The van der Waals surface area contributed by atoms with Gasteiger partial charge in [-0.25, -0.2) is 0 Å². The first-order chi connectivity index (χ1) is 5.70. The van der Waals surface area contributed by atoms with E-state index in [4.69, 9.17) is 0 Å². The van der Waals surface area contributed by atoms with E-state index in [9.17, 15) is 0 Å². The van der Waals surface area contributed by atoms with E-state index in [1.165, 1.54) is 25.8 Å². The Balaban J connectivity index is 2.21. The minimum atomic E-state index is 0.562. The molecule has 0 aromatic carbocycles. The summed E-state index contributed by atoms with van der Waals surface area (Å²) in [6.45, 7) is 7.21. The zero-order valence-electron chi connectivity index (χ0n) is 8.19. The van der Waals surface area contributed by atoms with Gasteiger partial charge < -0.3 is 5.32 Å². The lowest BCUT2D eigenvalue weighted by atomic mass is 9.66. The molecule has 0 radical (unpaired) electrons. The first-order valence-electron chi connectivity index (χ1n) is 5.10. The van der Waals surface area contributed by atoms with E-state index in [1.807, 2.05) is 0 Å². The Hall–Kier alpha value is -0.300. The van der Waals surface area contributed by atoms with Crippen LogP contribution in [0.5, 0.6) is 0 Å². The maximum absolute atomic E-state index is 3.45. The summed E-state index contributed by atoms with van der Waals surface area (Å²) < 4.78 is 0. The number of piperidine rings is 1. The van der Waals surface area contributed by atoms with Gasteiger partial charge in [-0.05, 0) is 37.1 Å². The van der Waals surface area contributed by atoms with Crippen LogP contribution in [0, 0.1) is 11.3 Å². The van der Waals surface area contributed by atoms with Gasteiger partial charge in [-0.3, -0.25) is 0 Å². The van der Waals surface area contributed by atoms with Crippen LogP contribution in [-0.2, 0) is 0 Å². The Morgan fingerprint density at radius 1 is 1.50 bits per heavy atom. The highest BCUT2D eigenvalue weighted by Crippen LogP contribution is 2.43. The summed E-state index contributed by atoms with van der Waals surface area (Å²) in [5.74, 6) is 0.868. The number of rotatable bonds is 0. The van der Waals surface area contributed by atoms with Crippen molar-refractivity contribution < 1.29 is 0 Å². The first-order valence-corrected chi connectivity index (χ1v) is 5.10. The van der Waals surface area contributed by atoms with Crippen molar-refractivity contribution in [3.63, 3.8) is 0 Å². The molecular weight excluding hydrogens is 146 g/mol. The van der Waals surface area contributed by atoms with Gasteiger partial charge in [0.1, 0.15) is 0 Å². The van der Waals surface area contributed by atoms with Crippen LogP contribution in [0.2, 0.25) is 0 Å². The third kappa shape index (κ3) is 1.31. The van der Waals surface area contributed by atoms with E-state index in [1.54, 1.807) is 5.57 Å². The van der Waals surface area contributed by atoms with Crippen molar-refractivity contribution in [2.45, 2.75) is 33.1 Å². The highest BCUT2D eigenvalue weighted by Gasteiger charge is 2.35. The standard InChI is InChI=1S/C11H19N/c1-11(2)6-3-4-9-8-12-7-5-10(9)11/h4,10,12H,3,5-8H2,1-2H3/t10-/m0/s1. The molecule has 1 N–H and O–H groups in total. The molecule has 1 aliphatic carbocycles. The number of nitrogens with one attached hydrogen (secondary N) is 1. The Morgan fingerprint density at radius 3 is 3.08 bits per heavy atom. The fourth-order valence-corrected chi connectivity index (χ4v) is 2.70. The molecule has 1 nitrogen and oxygen atoms in total. The zero-order chi connectivity index (χ0) is 8.60. The summed E-state index contributed by atoms with van der Waals surface area (Å²) in [5, 5.41) is 3.45. The molecule has 68 valence electrons. The zero-order valence-corrected chi connectivity index (χ0v) is 8.19. The monoisotopic (exact) mass is 165 g/mol. The van der Waals surface area contributed by atoms with Crippen LogP contribution >= 0.6 is 0 Å². The fourth-order valence-electron chi connectivity index (χ4n) is 2.70. The molecule has 0 saturated carbocycles. The second kappa shape index (κ2) is 2.88. The molecule has 1 heterocycles. The number of hydrogen-bond acceptors (Lipinski definition) is 1. The van der Waals surface area contributed by atoms with Crippen molar-refractivity contribution >= 4 is 0 Å². The number of allylic oxidation sites excluding steroid dienone is 1. The molecular formula is C11H19N. The second-order valence-electron chi connectivity index (χ2n) is 4.82. The molecule has 0 aromatic heterocycles. The van der Waals surface area contributed by atoms with Crippen molar-refractivity contribution in [1.29, 1.82) is 0 Å². The highest BCUT2D eigenvalue weighted by molar-refractivity contribution is 5.18. The molecule has 0 unspecified atom stereocenters. The van der Waals surface area contributed by atoms with Crippen molar-refractivity contribution in [2.75, 3.05) is 13.1 Å². The van der Waals surface area contributed by atoms with Crippen molar-refractivity contribution in [2.24, 2.45) is 11.3 Å². The Morgan fingerprint density at radius 2 is 2.33 bits per heavy atom. The van der Waals surface area contributed by atoms with E-state index in [2.05, 4.69) is 25.2 Å². The molecule has 1 aliphatic heterocycles. The third-order valence-corrected chi connectivity index (χ3v) is 3.53. The quantitative estimate of drug-likeness (QED) is 0.543. The Labute approximate surface area is 75.2 Å². The smallest absolute Gasteiger partial charge is 0.0167 e. The number of hydrogen-bond donors (Lipinski definition) is 1. The maximum Gasteiger partial charge on any atom is 0.0167 e. The largest absolute Gasteiger partial charge is 0.313 e. The third-order valence-electron chi connectivity index (χ3n) is 3.53. The van der Waals surface area contributed by atoms with Crippen LogP contribution < -0.4 is 5.32 Å². The second-order valence-corrected chi connectivity index (χ2v) is 4.82. The summed E-state index contributed by atoms with van der Waals surface area (Å²) in [7, 11) is 0. The molecule has 12 heavy (non-hydrogen) atoms. The molecule has 2 aliphatic rings. The molecule has 1 saturated heterocycles. The summed E-state index contributed by atoms with van der Waals surface area (Å²) in [6.07, 6.45) is 6.47. The lowest BCUT2D eigenvalue weighted by Crippen LogP contribution is -2.39. The van der Waals surface area contributed by atoms with E-state index in [0.29, 0.717) is 5.41 Å². The van der Waals surface area contributed by atoms with Crippen LogP contribution in [0.3, 0.4) is 0 Å². The summed E-state index contributed by atoms with van der Waals surface area (Å²) >= 11 is 0. The van der Waals surface area contributed by atoms with Crippen molar-refractivity contribution in [1.82, 2.24) is 5.32 Å². The Bertz CT molecular complexity index is 203. The summed E-state index contributed by atoms with van der Waals surface area (Å²) in [5.41, 5.74) is 2.24. The molecule has 0 aromatic rings. The van der Waals surface area contributed by atoms with E-state index in [-0.39, 0.29) is 0 Å². The minimum absolute atomic E-state index is 0.562. The average Bonchev–Trinajstić information content (AvgIpc) is 2.04. The van der Waals surface area contributed by atoms with Gasteiger partial charge in [0.2, 0.25) is 0 Å². The fraction of sp³-hybridized carbons (Fsp3) is 0.818. The lowest BCUT2D eigenvalue weighted by molar-refractivity contribution is 0.187. The van der Waals surface area contributed by atoms with Gasteiger partial charge in [-0.1, -0.05) is 25.5 Å². The summed E-state index contributed by atoms with van der Waals surface area (Å²) in [4.78, 5) is 0. The predicted molar refractivity (Wildman–Crippen MR) is 52.1 cm³/mol. The topological polar surface area (TPSA) is 12.0 Å². The van der Waals surface area contributed by atoms with Gasteiger partial charge in [-0.2, -0.15) is 0 Å². The maximum atomic E-state index is 3.45. The minimum Gasteiger partial charge on any atom is -0.313 e. The molecule has 1 fully saturated rings. The molecule has 1 atom stereocenters.